The van der Waals surface area contributed by atoms with Gasteiger partial charge in [0.05, 0.1) is 4.92 Å². The van der Waals surface area contributed by atoms with Crippen LogP contribution in [0.2, 0.25) is 0 Å². The van der Waals surface area contributed by atoms with Gasteiger partial charge >= 0.3 is 0 Å². The Labute approximate surface area is 168 Å². The maximum Gasteiger partial charge on any atom is 0.279 e. The summed E-state index contributed by atoms with van der Waals surface area (Å²) in [5.74, 6) is 0.114. The molecule has 29 heavy (non-hydrogen) atoms. The highest BCUT2D eigenvalue weighted by atomic mass is 16.6. The van der Waals surface area contributed by atoms with E-state index in [1.54, 1.807) is 19.1 Å². The van der Waals surface area contributed by atoms with Crippen LogP contribution in [0.3, 0.4) is 0 Å². The van der Waals surface area contributed by atoms with Crippen LogP contribution in [0.4, 0.5) is 5.69 Å². The summed E-state index contributed by atoms with van der Waals surface area (Å²) >= 11 is 0. The van der Waals surface area contributed by atoms with E-state index in [1.807, 2.05) is 12.1 Å². The molecule has 0 radical (unpaired) electrons. The average Bonchev–Trinajstić information content (AvgIpc) is 2.71. The van der Waals surface area contributed by atoms with E-state index in [9.17, 15) is 19.7 Å². The topological polar surface area (TPSA) is 120 Å². The first-order valence-corrected chi connectivity index (χ1v) is 8.99. The molecule has 154 valence electrons. The van der Waals surface area contributed by atoms with Crippen LogP contribution in [0, 0.1) is 10.1 Å². The first-order valence-electron chi connectivity index (χ1n) is 8.99. The van der Waals surface area contributed by atoms with Crippen molar-refractivity contribution < 1.29 is 24.0 Å². The molecular formula is C20H23N3O6. The summed E-state index contributed by atoms with van der Waals surface area (Å²) < 4.78 is 10.8. The zero-order valence-electron chi connectivity index (χ0n) is 16.4. The summed E-state index contributed by atoms with van der Waals surface area (Å²) in [5, 5.41) is 10.6. The third-order valence-electron chi connectivity index (χ3n) is 3.97. The summed E-state index contributed by atoms with van der Waals surface area (Å²) in [6, 6.07) is 12.7. The monoisotopic (exact) mass is 401 g/mol. The molecule has 2 aromatic carbocycles. The molecule has 1 atom stereocenters. The van der Waals surface area contributed by atoms with E-state index in [4.69, 9.17) is 9.47 Å². The van der Waals surface area contributed by atoms with Crippen LogP contribution in [0.25, 0.3) is 0 Å². The highest BCUT2D eigenvalue weighted by Crippen LogP contribution is 2.19. The van der Waals surface area contributed by atoms with Gasteiger partial charge in [-0.25, -0.2) is 0 Å². The fourth-order valence-corrected chi connectivity index (χ4v) is 2.27. The lowest BCUT2D eigenvalue weighted by atomic mass is 10.0. The summed E-state index contributed by atoms with van der Waals surface area (Å²) in [4.78, 5) is 33.9. The first-order chi connectivity index (χ1) is 13.8. The number of hydrogen-bond acceptors (Lipinski definition) is 6. The lowest BCUT2D eigenvalue weighted by Gasteiger charge is -2.16. The van der Waals surface area contributed by atoms with Gasteiger partial charge in [-0.3, -0.25) is 30.6 Å². The number of nitrogens with one attached hydrogen (secondary N) is 2. The second-order valence-corrected chi connectivity index (χ2v) is 6.56. The van der Waals surface area contributed by atoms with E-state index in [0.717, 1.165) is 5.56 Å². The number of hydrazine groups is 1. The normalized spacial score (nSPS) is 11.4. The van der Waals surface area contributed by atoms with Gasteiger partial charge in [-0.1, -0.05) is 26.0 Å². The van der Waals surface area contributed by atoms with Gasteiger partial charge < -0.3 is 9.47 Å². The minimum Gasteiger partial charge on any atom is -0.484 e. The molecule has 0 aliphatic carbocycles. The molecule has 0 bridgehead atoms. The molecule has 9 heteroatoms. The maximum atomic E-state index is 12.0. The van der Waals surface area contributed by atoms with E-state index in [2.05, 4.69) is 24.7 Å². The molecule has 0 aliphatic rings. The molecule has 9 nitrogen and oxygen atoms in total. The van der Waals surface area contributed by atoms with Gasteiger partial charge in [-0.2, -0.15) is 0 Å². The van der Waals surface area contributed by atoms with E-state index in [0.29, 0.717) is 17.4 Å². The molecule has 0 unspecified atom stereocenters. The second kappa shape index (κ2) is 10.1. The first kappa shape index (κ1) is 21.7. The molecule has 0 saturated heterocycles. The molecule has 0 heterocycles. The van der Waals surface area contributed by atoms with Crippen molar-refractivity contribution in [3.63, 3.8) is 0 Å². The molecule has 2 rings (SSSR count). The summed E-state index contributed by atoms with van der Waals surface area (Å²) in [7, 11) is 0. The highest BCUT2D eigenvalue weighted by molar-refractivity contribution is 5.85. The summed E-state index contributed by atoms with van der Waals surface area (Å²) in [5.41, 5.74) is 5.56. The lowest BCUT2D eigenvalue weighted by Crippen LogP contribution is -2.48. The van der Waals surface area contributed by atoms with Crippen LogP contribution >= 0.6 is 0 Å². The number of carbonyl (C=O) groups excluding carboxylic acids is 2. The van der Waals surface area contributed by atoms with Crippen molar-refractivity contribution in [1.29, 1.82) is 0 Å². The second-order valence-electron chi connectivity index (χ2n) is 6.56. The third kappa shape index (κ3) is 6.80. The molecule has 0 spiro atoms. The maximum absolute atomic E-state index is 12.0. The number of carbonyl (C=O) groups is 2. The van der Waals surface area contributed by atoms with Crippen molar-refractivity contribution in [3.8, 4) is 11.5 Å². The number of rotatable bonds is 8. The van der Waals surface area contributed by atoms with Crippen molar-refractivity contribution in [2.45, 2.75) is 32.8 Å². The Balaban J connectivity index is 1.74. The molecule has 0 aliphatic heterocycles. The molecular weight excluding hydrogens is 378 g/mol. The number of nitro groups is 1. The largest absolute Gasteiger partial charge is 0.484 e. The van der Waals surface area contributed by atoms with Gasteiger partial charge in [0.15, 0.2) is 12.7 Å². The van der Waals surface area contributed by atoms with E-state index >= 15 is 0 Å². The Kier molecular flexibility index (Phi) is 7.53. The van der Waals surface area contributed by atoms with Gasteiger partial charge in [0.25, 0.3) is 17.5 Å². The zero-order chi connectivity index (χ0) is 21.4. The molecule has 2 aromatic rings. The number of ether oxygens (including phenoxy) is 2. The smallest absolute Gasteiger partial charge is 0.279 e. The molecule has 0 aromatic heterocycles. The Bertz CT molecular complexity index is 850. The zero-order valence-corrected chi connectivity index (χ0v) is 16.4. The highest BCUT2D eigenvalue weighted by Gasteiger charge is 2.16. The van der Waals surface area contributed by atoms with Crippen LogP contribution < -0.4 is 20.3 Å². The fraction of sp³-hybridized carbons (Fsp3) is 0.300. The van der Waals surface area contributed by atoms with Gasteiger partial charge in [0, 0.05) is 12.1 Å². The van der Waals surface area contributed by atoms with Gasteiger partial charge in [-0.05, 0) is 42.7 Å². The number of benzene rings is 2. The van der Waals surface area contributed by atoms with Crippen LogP contribution in [0.5, 0.6) is 11.5 Å². The molecule has 0 saturated carbocycles. The van der Waals surface area contributed by atoms with Crippen LogP contribution in [-0.2, 0) is 9.59 Å². The number of nitro benzene ring substituents is 1. The molecule has 2 N–H and O–H groups in total. The summed E-state index contributed by atoms with van der Waals surface area (Å²) in [6.07, 6.45) is -0.823. The SMILES string of the molecule is CC(C)c1ccc(O[C@H](C)C(=O)NNC(=O)COc2ccc([N+](=O)[O-])cc2)cc1. The van der Waals surface area contributed by atoms with E-state index < -0.39 is 22.8 Å². The average molecular weight is 401 g/mol. The minimum atomic E-state index is -0.823. The minimum absolute atomic E-state index is 0.0816. The number of hydrogen-bond donors (Lipinski definition) is 2. The number of non-ortho nitro benzene ring substituents is 1. The van der Waals surface area contributed by atoms with Crippen molar-refractivity contribution in [2.75, 3.05) is 6.61 Å². The number of nitrogens with zero attached hydrogens (tertiary/aromatic N) is 1. The predicted octanol–water partition coefficient (Wildman–Crippen LogP) is 2.71. The lowest BCUT2D eigenvalue weighted by molar-refractivity contribution is -0.384. The van der Waals surface area contributed by atoms with E-state index in [1.165, 1.54) is 24.3 Å². The fourth-order valence-electron chi connectivity index (χ4n) is 2.27. The van der Waals surface area contributed by atoms with Crippen LogP contribution in [-0.4, -0.2) is 29.4 Å². The standard InChI is InChI=1S/C20H23N3O6/c1-13(2)15-4-8-18(9-5-15)29-14(3)20(25)22-21-19(24)12-28-17-10-6-16(7-11-17)23(26)27/h4-11,13-14H,12H2,1-3H3,(H,21,24)(H,22,25)/t14-/m1/s1. The van der Waals surface area contributed by atoms with Crippen molar-refractivity contribution >= 4 is 17.5 Å². The van der Waals surface area contributed by atoms with Gasteiger partial charge in [0.1, 0.15) is 11.5 Å². The predicted molar refractivity (Wildman–Crippen MR) is 105 cm³/mol. The Hall–Kier alpha value is -3.62. The van der Waals surface area contributed by atoms with Crippen molar-refractivity contribution in [2.24, 2.45) is 0 Å². The molecule has 2 amide bonds. The Morgan fingerprint density at radius 1 is 0.966 bits per heavy atom. The van der Waals surface area contributed by atoms with Crippen LogP contribution in [0.1, 0.15) is 32.3 Å². The third-order valence-corrected chi connectivity index (χ3v) is 3.97. The quantitative estimate of drug-likeness (QED) is 0.518. The Morgan fingerprint density at radius 3 is 2.10 bits per heavy atom. The molecule has 0 fully saturated rings. The van der Waals surface area contributed by atoms with Gasteiger partial charge in [-0.15, -0.1) is 0 Å². The Morgan fingerprint density at radius 2 is 1.55 bits per heavy atom. The summed E-state index contributed by atoms with van der Waals surface area (Å²) in [6.45, 7) is 5.36. The number of amides is 2. The van der Waals surface area contributed by atoms with Crippen molar-refractivity contribution in [1.82, 2.24) is 10.9 Å². The van der Waals surface area contributed by atoms with E-state index in [-0.39, 0.29) is 12.3 Å². The van der Waals surface area contributed by atoms with Gasteiger partial charge in [0.2, 0.25) is 0 Å². The van der Waals surface area contributed by atoms with Crippen molar-refractivity contribution in [3.05, 3.63) is 64.2 Å². The van der Waals surface area contributed by atoms with Crippen LogP contribution in [0.15, 0.2) is 48.5 Å².